The molecule has 0 atom stereocenters. The second-order valence-electron chi connectivity index (χ2n) is 3.53. The molecule has 0 heterocycles. The van der Waals surface area contributed by atoms with E-state index in [1.54, 1.807) is 0 Å². The zero-order valence-electron chi connectivity index (χ0n) is 9.12. The van der Waals surface area contributed by atoms with Crippen molar-refractivity contribution in [1.29, 1.82) is 0 Å². The smallest absolute Gasteiger partial charge is 0.336 e. The van der Waals surface area contributed by atoms with Crippen molar-refractivity contribution in [2.75, 3.05) is 14.1 Å². The van der Waals surface area contributed by atoms with Gasteiger partial charge in [-0.1, -0.05) is 6.07 Å². The number of hydrogen-bond donors (Lipinski definition) is 0. The molecular formula is C12H14KN. The molecule has 0 aromatic heterocycles. The summed E-state index contributed by atoms with van der Waals surface area (Å²) < 4.78 is 0. The second-order valence-corrected chi connectivity index (χ2v) is 3.53. The van der Waals surface area contributed by atoms with E-state index in [9.17, 15) is 0 Å². The van der Waals surface area contributed by atoms with Gasteiger partial charge >= 0.3 is 51.4 Å². The fourth-order valence-electron chi connectivity index (χ4n) is 1.74. The Morgan fingerprint density at radius 1 is 1.21 bits per heavy atom. The van der Waals surface area contributed by atoms with Crippen molar-refractivity contribution >= 4 is 6.08 Å². The SMILES string of the molecule is CN(C)[C-]1CC=Cc2ccccc21.[K+]. The maximum Gasteiger partial charge on any atom is 1.00 e. The van der Waals surface area contributed by atoms with Crippen LogP contribution in [0, 0.1) is 6.04 Å². The van der Waals surface area contributed by atoms with E-state index >= 15 is 0 Å². The zero-order valence-corrected chi connectivity index (χ0v) is 12.2. The van der Waals surface area contributed by atoms with Gasteiger partial charge in [-0.05, 0) is 20.5 Å². The van der Waals surface area contributed by atoms with Gasteiger partial charge in [-0.3, -0.25) is 0 Å². The third kappa shape index (κ3) is 2.51. The minimum Gasteiger partial charge on any atom is -0.336 e. The molecular weight excluding hydrogens is 197 g/mol. The predicted molar refractivity (Wildman–Crippen MR) is 56.1 cm³/mol. The van der Waals surface area contributed by atoms with Gasteiger partial charge < -0.3 is 4.90 Å². The van der Waals surface area contributed by atoms with Crippen molar-refractivity contribution in [2.45, 2.75) is 6.42 Å². The van der Waals surface area contributed by atoms with Crippen LogP contribution < -0.4 is 51.4 Å². The Kier molecular flexibility index (Phi) is 4.90. The number of fused-ring (bicyclic) bond motifs is 1. The Morgan fingerprint density at radius 3 is 2.64 bits per heavy atom. The van der Waals surface area contributed by atoms with E-state index in [4.69, 9.17) is 0 Å². The first-order valence-corrected chi connectivity index (χ1v) is 4.58. The summed E-state index contributed by atoms with van der Waals surface area (Å²) in [6.45, 7) is 0. The molecule has 0 spiro atoms. The van der Waals surface area contributed by atoms with Gasteiger partial charge in [0.15, 0.2) is 0 Å². The average molecular weight is 211 g/mol. The Morgan fingerprint density at radius 2 is 1.93 bits per heavy atom. The van der Waals surface area contributed by atoms with Crippen molar-refractivity contribution in [2.24, 2.45) is 0 Å². The molecule has 1 aromatic carbocycles. The molecule has 68 valence electrons. The van der Waals surface area contributed by atoms with Crippen molar-refractivity contribution in [3.8, 4) is 0 Å². The molecule has 2 rings (SSSR count). The van der Waals surface area contributed by atoms with E-state index in [1.807, 2.05) is 0 Å². The zero-order chi connectivity index (χ0) is 9.26. The third-order valence-corrected chi connectivity index (χ3v) is 2.42. The quantitative estimate of drug-likeness (QED) is 0.449. The first-order chi connectivity index (χ1) is 6.29. The Hall–Kier alpha value is 0.426. The topological polar surface area (TPSA) is 3.24 Å². The van der Waals surface area contributed by atoms with E-state index in [2.05, 4.69) is 55.4 Å². The Bertz CT molecular complexity index is 331. The first kappa shape index (κ1) is 12.5. The molecule has 2 heteroatoms. The summed E-state index contributed by atoms with van der Waals surface area (Å²) in [5.74, 6) is 0. The third-order valence-electron chi connectivity index (χ3n) is 2.42. The summed E-state index contributed by atoms with van der Waals surface area (Å²) >= 11 is 0. The maximum absolute atomic E-state index is 2.22. The Balaban J connectivity index is 0.000000980. The van der Waals surface area contributed by atoms with Gasteiger partial charge in [-0.2, -0.15) is 11.6 Å². The van der Waals surface area contributed by atoms with E-state index in [-0.39, 0.29) is 51.4 Å². The Labute approximate surface area is 129 Å². The summed E-state index contributed by atoms with van der Waals surface area (Å²) in [5.41, 5.74) is 2.70. The molecule has 0 aliphatic heterocycles. The fraction of sp³-hybridized carbons (Fsp3) is 0.250. The van der Waals surface area contributed by atoms with Crippen molar-refractivity contribution in [3.05, 3.63) is 47.5 Å². The molecule has 0 saturated heterocycles. The van der Waals surface area contributed by atoms with Crippen molar-refractivity contribution in [1.82, 2.24) is 4.90 Å². The largest absolute Gasteiger partial charge is 1.00 e. The minimum absolute atomic E-state index is 0. The van der Waals surface area contributed by atoms with Crippen LogP contribution in [0.4, 0.5) is 0 Å². The summed E-state index contributed by atoms with van der Waals surface area (Å²) in [5, 5.41) is 0. The maximum atomic E-state index is 2.22. The molecule has 1 nitrogen and oxygen atoms in total. The van der Waals surface area contributed by atoms with Gasteiger partial charge in [0.25, 0.3) is 0 Å². The summed E-state index contributed by atoms with van der Waals surface area (Å²) in [4.78, 5) is 2.20. The monoisotopic (exact) mass is 211 g/mol. The standard InChI is InChI=1S/C12H14N.K/c1-13(2)12-9-5-7-10-6-3-4-8-11(10)12;/h3-8H,9H2,1-2H3;/q-1;+1. The molecule has 0 saturated carbocycles. The summed E-state index contributed by atoms with van der Waals surface area (Å²) in [6.07, 6.45) is 5.46. The first-order valence-electron chi connectivity index (χ1n) is 4.58. The number of benzene rings is 1. The van der Waals surface area contributed by atoms with Crippen molar-refractivity contribution < 1.29 is 51.4 Å². The van der Waals surface area contributed by atoms with Crippen LogP contribution in [0.15, 0.2) is 30.3 Å². The minimum atomic E-state index is 0. The van der Waals surface area contributed by atoms with Crippen LogP contribution in [0.5, 0.6) is 0 Å². The van der Waals surface area contributed by atoms with Crippen LogP contribution in [0.1, 0.15) is 17.5 Å². The molecule has 14 heavy (non-hydrogen) atoms. The van der Waals surface area contributed by atoms with Crippen LogP contribution in [0.25, 0.3) is 6.08 Å². The van der Waals surface area contributed by atoms with Crippen LogP contribution in [-0.2, 0) is 0 Å². The van der Waals surface area contributed by atoms with Crippen LogP contribution in [-0.4, -0.2) is 19.0 Å². The molecule has 0 unspecified atom stereocenters. The van der Waals surface area contributed by atoms with E-state index in [0.29, 0.717) is 0 Å². The molecule has 0 amide bonds. The molecule has 0 fully saturated rings. The number of hydrogen-bond acceptors (Lipinski definition) is 1. The van der Waals surface area contributed by atoms with Crippen LogP contribution >= 0.6 is 0 Å². The number of rotatable bonds is 1. The second kappa shape index (κ2) is 5.49. The van der Waals surface area contributed by atoms with Crippen LogP contribution in [0.3, 0.4) is 0 Å². The van der Waals surface area contributed by atoms with E-state index in [0.717, 1.165) is 6.42 Å². The van der Waals surface area contributed by atoms with E-state index in [1.165, 1.54) is 17.2 Å². The molecule has 0 radical (unpaired) electrons. The van der Waals surface area contributed by atoms with Gasteiger partial charge in [0.2, 0.25) is 0 Å². The molecule has 0 N–H and O–H groups in total. The molecule has 1 aliphatic carbocycles. The molecule has 0 bridgehead atoms. The summed E-state index contributed by atoms with van der Waals surface area (Å²) in [7, 11) is 4.20. The van der Waals surface area contributed by atoms with Gasteiger partial charge in [0.1, 0.15) is 0 Å². The fourth-order valence-corrected chi connectivity index (χ4v) is 1.74. The van der Waals surface area contributed by atoms with Gasteiger partial charge in [0, 0.05) is 0 Å². The van der Waals surface area contributed by atoms with Gasteiger partial charge in [-0.25, -0.2) is 0 Å². The average Bonchev–Trinajstić information content (AvgIpc) is 2.17. The van der Waals surface area contributed by atoms with Gasteiger partial charge in [-0.15, -0.1) is 35.9 Å². The molecule has 1 aromatic rings. The van der Waals surface area contributed by atoms with Crippen LogP contribution in [0.2, 0.25) is 0 Å². The van der Waals surface area contributed by atoms with Crippen molar-refractivity contribution in [3.63, 3.8) is 0 Å². The predicted octanol–water partition coefficient (Wildman–Crippen LogP) is -0.451. The van der Waals surface area contributed by atoms with E-state index < -0.39 is 0 Å². The normalized spacial score (nSPS) is 13.8. The summed E-state index contributed by atoms with van der Waals surface area (Å²) in [6, 6.07) is 9.93. The number of nitrogens with zero attached hydrogens (tertiary/aromatic N) is 1. The molecule has 1 aliphatic rings. The van der Waals surface area contributed by atoms with Gasteiger partial charge in [0.05, 0.1) is 0 Å².